The number of nitrogens with one attached hydrogen (secondary N) is 1. The molecule has 33 heavy (non-hydrogen) atoms. The predicted octanol–water partition coefficient (Wildman–Crippen LogP) is 3.88. The average molecular weight is 468 g/mol. The first kappa shape index (κ1) is 23.1. The van der Waals surface area contributed by atoms with Gasteiger partial charge in [0, 0.05) is 42.3 Å². The van der Waals surface area contributed by atoms with E-state index in [1.54, 1.807) is 30.2 Å². The van der Waals surface area contributed by atoms with Crippen LogP contribution in [0, 0.1) is 13.8 Å². The Morgan fingerprint density at radius 1 is 1.12 bits per heavy atom. The number of carbonyl (C=O) groups excluding carboxylic acids is 1. The molecule has 2 aromatic carbocycles. The van der Waals surface area contributed by atoms with E-state index in [2.05, 4.69) is 9.29 Å². The molecule has 174 valence electrons. The van der Waals surface area contributed by atoms with Crippen LogP contribution in [-0.4, -0.2) is 32.0 Å². The van der Waals surface area contributed by atoms with Crippen LogP contribution >= 0.6 is 0 Å². The molecule has 0 saturated carbocycles. The normalized spacial score (nSPS) is 15.5. The molecule has 0 fully saturated rings. The standard InChI is InChI=1S/C25H29N3O4S/c1-16-13-21(18(3)27(16)22-6-8-23(32-5)9-7-22)15-26-33(30,31)24-10-11-25-20(14-24)12-17(2)28(25)19(4)29/h6-11,13-14,17,26H,12,15H2,1-5H3/t17-/m0/s1. The van der Waals surface area contributed by atoms with Crippen molar-refractivity contribution in [3.05, 3.63) is 71.0 Å². The van der Waals surface area contributed by atoms with Crippen molar-refractivity contribution < 1.29 is 17.9 Å². The highest BCUT2D eigenvalue weighted by Crippen LogP contribution is 2.34. The third-order valence-corrected chi connectivity index (χ3v) is 7.63. The largest absolute Gasteiger partial charge is 0.497 e. The minimum absolute atomic E-state index is 0.0201. The highest BCUT2D eigenvalue weighted by molar-refractivity contribution is 7.89. The number of ether oxygens (including phenoxy) is 1. The van der Waals surface area contributed by atoms with Gasteiger partial charge in [-0.3, -0.25) is 4.79 Å². The fraction of sp³-hybridized carbons (Fsp3) is 0.320. The van der Waals surface area contributed by atoms with E-state index >= 15 is 0 Å². The van der Waals surface area contributed by atoms with Gasteiger partial charge >= 0.3 is 0 Å². The van der Waals surface area contributed by atoms with Crippen LogP contribution in [0.25, 0.3) is 5.69 Å². The zero-order valence-electron chi connectivity index (χ0n) is 19.5. The van der Waals surface area contributed by atoms with E-state index in [4.69, 9.17) is 4.74 Å². The van der Waals surface area contributed by atoms with Crippen molar-refractivity contribution in [2.75, 3.05) is 12.0 Å². The molecule has 4 rings (SSSR count). The van der Waals surface area contributed by atoms with Gasteiger partial charge in [-0.25, -0.2) is 13.1 Å². The summed E-state index contributed by atoms with van der Waals surface area (Å²) in [6.07, 6.45) is 0.640. The molecule has 1 aromatic heterocycles. The van der Waals surface area contributed by atoms with E-state index in [0.717, 1.165) is 39.6 Å². The zero-order valence-corrected chi connectivity index (χ0v) is 20.4. The number of anilines is 1. The van der Waals surface area contributed by atoms with Crippen molar-refractivity contribution >= 4 is 21.6 Å². The number of nitrogens with zero attached hydrogens (tertiary/aromatic N) is 2. The molecular formula is C25H29N3O4S. The van der Waals surface area contributed by atoms with Crippen molar-refractivity contribution in [2.45, 2.75) is 51.6 Å². The maximum atomic E-state index is 13.0. The molecule has 1 aliphatic rings. The molecule has 0 aliphatic carbocycles. The molecule has 7 nitrogen and oxygen atoms in total. The van der Waals surface area contributed by atoms with E-state index in [9.17, 15) is 13.2 Å². The number of methoxy groups -OCH3 is 1. The molecule has 2 heterocycles. The summed E-state index contributed by atoms with van der Waals surface area (Å²) in [5.41, 5.74) is 5.55. The molecule has 0 unspecified atom stereocenters. The van der Waals surface area contributed by atoms with E-state index in [1.807, 2.05) is 51.1 Å². The summed E-state index contributed by atoms with van der Waals surface area (Å²) in [5.74, 6) is 0.742. The first-order valence-electron chi connectivity index (χ1n) is 10.9. The van der Waals surface area contributed by atoms with Gasteiger partial charge in [0.25, 0.3) is 0 Å². The van der Waals surface area contributed by atoms with Crippen molar-refractivity contribution in [3.63, 3.8) is 0 Å². The molecule has 0 radical (unpaired) electrons. The van der Waals surface area contributed by atoms with Gasteiger partial charge in [0.15, 0.2) is 0 Å². The van der Waals surface area contributed by atoms with Crippen LogP contribution in [-0.2, 0) is 27.8 Å². The Morgan fingerprint density at radius 2 is 1.82 bits per heavy atom. The third kappa shape index (κ3) is 4.28. The maximum Gasteiger partial charge on any atom is 0.240 e. The average Bonchev–Trinajstić information content (AvgIpc) is 3.26. The van der Waals surface area contributed by atoms with Gasteiger partial charge < -0.3 is 14.2 Å². The van der Waals surface area contributed by atoms with E-state index in [-0.39, 0.29) is 23.4 Å². The number of hydrogen-bond acceptors (Lipinski definition) is 4. The number of benzene rings is 2. The first-order chi connectivity index (χ1) is 15.6. The number of carbonyl (C=O) groups is 1. The molecule has 0 bridgehead atoms. The first-order valence-corrected chi connectivity index (χ1v) is 12.4. The van der Waals surface area contributed by atoms with Crippen molar-refractivity contribution in [2.24, 2.45) is 0 Å². The minimum Gasteiger partial charge on any atom is -0.497 e. The lowest BCUT2D eigenvalue weighted by Gasteiger charge is -2.20. The fourth-order valence-corrected chi connectivity index (χ4v) is 5.70. The molecule has 1 aliphatic heterocycles. The van der Waals surface area contributed by atoms with Crippen LogP contribution in [0.3, 0.4) is 0 Å². The molecule has 1 N–H and O–H groups in total. The lowest BCUT2D eigenvalue weighted by molar-refractivity contribution is -0.116. The Morgan fingerprint density at radius 3 is 2.45 bits per heavy atom. The molecule has 1 amide bonds. The van der Waals surface area contributed by atoms with Gasteiger partial charge in [0.05, 0.1) is 12.0 Å². The number of hydrogen-bond donors (Lipinski definition) is 1. The van der Waals surface area contributed by atoms with Crippen LogP contribution in [0.1, 0.15) is 36.4 Å². The molecule has 0 spiro atoms. The van der Waals surface area contributed by atoms with Gasteiger partial charge in [-0.15, -0.1) is 0 Å². The summed E-state index contributed by atoms with van der Waals surface area (Å²) >= 11 is 0. The zero-order chi connectivity index (χ0) is 23.9. The summed E-state index contributed by atoms with van der Waals surface area (Å²) in [6, 6.07) is 14.7. The summed E-state index contributed by atoms with van der Waals surface area (Å²) in [6.45, 7) is 7.66. The van der Waals surface area contributed by atoms with E-state index in [0.29, 0.717) is 6.42 Å². The van der Waals surface area contributed by atoms with E-state index < -0.39 is 10.0 Å². The molecular weight excluding hydrogens is 438 g/mol. The number of amides is 1. The van der Waals surface area contributed by atoms with Gasteiger partial charge in [0.1, 0.15) is 5.75 Å². The number of rotatable bonds is 6. The minimum atomic E-state index is -3.71. The smallest absolute Gasteiger partial charge is 0.240 e. The SMILES string of the molecule is COc1ccc(-n2c(C)cc(CNS(=O)(=O)c3ccc4c(c3)C[C@H](C)N4C(C)=O)c2C)cc1. The number of sulfonamides is 1. The summed E-state index contributed by atoms with van der Waals surface area (Å²) in [5, 5.41) is 0. The van der Waals surface area contributed by atoms with Gasteiger partial charge in [-0.2, -0.15) is 0 Å². The second-order valence-electron chi connectivity index (χ2n) is 8.49. The maximum absolute atomic E-state index is 13.0. The van der Waals surface area contributed by atoms with Gasteiger partial charge in [-0.1, -0.05) is 0 Å². The summed E-state index contributed by atoms with van der Waals surface area (Å²) in [4.78, 5) is 13.9. The van der Waals surface area contributed by atoms with Crippen LogP contribution < -0.4 is 14.4 Å². The highest BCUT2D eigenvalue weighted by atomic mass is 32.2. The Kier molecular flexibility index (Phi) is 6.07. The van der Waals surface area contributed by atoms with Gasteiger partial charge in [-0.05, 0) is 86.8 Å². The number of aromatic nitrogens is 1. The highest BCUT2D eigenvalue weighted by Gasteiger charge is 2.30. The Hall–Kier alpha value is -3.10. The quantitative estimate of drug-likeness (QED) is 0.597. The molecule has 3 aromatic rings. The topological polar surface area (TPSA) is 80.6 Å². The Labute approximate surface area is 195 Å². The summed E-state index contributed by atoms with van der Waals surface area (Å²) < 4.78 is 36.1. The summed E-state index contributed by atoms with van der Waals surface area (Å²) in [7, 11) is -2.08. The van der Waals surface area contributed by atoms with Crippen molar-refractivity contribution in [1.82, 2.24) is 9.29 Å². The van der Waals surface area contributed by atoms with Crippen LogP contribution in [0.2, 0.25) is 0 Å². The molecule has 1 atom stereocenters. The van der Waals surface area contributed by atoms with Crippen LogP contribution in [0.5, 0.6) is 5.75 Å². The fourth-order valence-electron chi connectivity index (χ4n) is 4.65. The Bertz CT molecular complexity index is 1310. The number of aryl methyl sites for hydroxylation is 1. The van der Waals surface area contributed by atoms with Crippen molar-refractivity contribution in [3.8, 4) is 11.4 Å². The van der Waals surface area contributed by atoms with Crippen LogP contribution in [0.4, 0.5) is 5.69 Å². The third-order valence-electron chi connectivity index (χ3n) is 6.24. The predicted molar refractivity (Wildman–Crippen MR) is 129 cm³/mol. The van der Waals surface area contributed by atoms with Gasteiger partial charge in [0.2, 0.25) is 15.9 Å². The lowest BCUT2D eigenvalue weighted by atomic mass is 10.1. The number of fused-ring (bicyclic) bond motifs is 1. The van der Waals surface area contributed by atoms with Crippen molar-refractivity contribution in [1.29, 1.82) is 0 Å². The lowest BCUT2D eigenvalue weighted by Crippen LogP contribution is -2.33. The van der Waals surface area contributed by atoms with E-state index in [1.165, 1.54) is 6.92 Å². The second-order valence-corrected chi connectivity index (χ2v) is 10.3. The monoisotopic (exact) mass is 467 g/mol. The molecule has 0 saturated heterocycles. The van der Waals surface area contributed by atoms with Crippen LogP contribution in [0.15, 0.2) is 53.4 Å². The molecule has 8 heteroatoms. The second kappa shape index (κ2) is 8.68. The Balaban J connectivity index is 1.55.